The first kappa shape index (κ1) is 14.2. The third-order valence-corrected chi connectivity index (χ3v) is 3.70. The van der Waals surface area contributed by atoms with Gasteiger partial charge in [-0.2, -0.15) is 0 Å². The molecule has 2 rings (SSSR count). The Morgan fingerprint density at radius 2 is 1.41 bits per heavy atom. The van der Waals surface area contributed by atoms with E-state index < -0.39 is 0 Å². The molecule has 1 aromatic rings. The summed E-state index contributed by atoms with van der Waals surface area (Å²) in [5, 5.41) is 0. The predicted molar refractivity (Wildman–Crippen MR) is 76.5 cm³/mol. The minimum absolute atomic E-state index is 0.808. The molecule has 1 heteroatoms. The van der Waals surface area contributed by atoms with Gasteiger partial charge in [0.15, 0.2) is 0 Å². The number of benzene rings is 1. The standard InChI is InChI=1S/C14H21N.C2H6/c1-15(2)14-10-8-13(9-11-14)12-6-4-3-5-7-12;1-2/h3-7,13-14H,8-11H2,1-2H3;1-2H3. The van der Waals surface area contributed by atoms with Crippen LogP contribution in [0, 0.1) is 0 Å². The molecule has 0 N–H and O–H groups in total. The summed E-state index contributed by atoms with van der Waals surface area (Å²) in [4.78, 5) is 2.38. The molecule has 1 aliphatic carbocycles. The molecule has 1 fully saturated rings. The molecule has 0 amide bonds. The van der Waals surface area contributed by atoms with E-state index in [2.05, 4.69) is 49.3 Å². The fourth-order valence-electron chi connectivity index (χ4n) is 2.65. The van der Waals surface area contributed by atoms with E-state index in [0.29, 0.717) is 0 Å². The highest BCUT2D eigenvalue weighted by Gasteiger charge is 2.22. The van der Waals surface area contributed by atoms with Crippen molar-refractivity contribution >= 4 is 0 Å². The maximum absolute atomic E-state index is 2.38. The van der Waals surface area contributed by atoms with Crippen molar-refractivity contribution in [2.24, 2.45) is 0 Å². The summed E-state index contributed by atoms with van der Waals surface area (Å²) in [7, 11) is 4.40. The normalized spacial score (nSPS) is 24.1. The first-order chi connectivity index (χ1) is 8.27. The Morgan fingerprint density at radius 3 is 1.88 bits per heavy atom. The summed E-state index contributed by atoms with van der Waals surface area (Å²) in [5.41, 5.74) is 1.54. The smallest absolute Gasteiger partial charge is 0.00896 e. The highest BCUT2D eigenvalue weighted by atomic mass is 15.1. The van der Waals surface area contributed by atoms with E-state index in [-0.39, 0.29) is 0 Å². The lowest BCUT2D eigenvalue weighted by Crippen LogP contribution is -2.31. The summed E-state index contributed by atoms with van der Waals surface area (Å²) in [5.74, 6) is 0.808. The van der Waals surface area contributed by atoms with Gasteiger partial charge in [0.1, 0.15) is 0 Å². The molecule has 0 atom stereocenters. The van der Waals surface area contributed by atoms with Gasteiger partial charge in [0.25, 0.3) is 0 Å². The molecule has 0 heterocycles. The van der Waals surface area contributed by atoms with Crippen LogP contribution in [0.25, 0.3) is 0 Å². The van der Waals surface area contributed by atoms with Crippen molar-refractivity contribution in [1.29, 1.82) is 0 Å². The van der Waals surface area contributed by atoms with Gasteiger partial charge in [-0.3, -0.25) is 0 Å². The zero-order chi connectivity index (χ0) is 12.7. The van der Waals surface area contributed by atoms with E-state index >= 15 is 0 Å². The number of nitrogens with zero attached hydrogens (tertiary/aromatic N) is 1. The van der Waals surface area contributed by atoms with Gasteiger partial charge in [0, 0.05) is 6.04 Å². The highest BCUT2D eigenvalue weighted by Crippen LogP contribution is 2.33. The predicted octanol–water partition coefficient (Wildman–Crippen LogP) is 4.30. The fourth-order valence-corrected chi connectivity index (χ4v) is 2.65. The van der Waals surface area contributed by atoms with Crippen LogP contribution in [0.4, 0.5) is 0 Å². The van der Waals surface area contributed by atoms with Gasteiger partial charge in [-0.25, -0.2) is 0 Å². The molecule has 0 aliphatic heterocycles. The molecule has 17 heavy (non-hydrogen) atoms. The lowest BCUT2D eigenvalue weighted by Gasteiger charge is -2.32. The fraction of sp³-hybridized carbons (Fsp3) is 0.625. The van der Waals surface area contributed by atoms with E-state index in [1.54, 1.807) is 0 Å². The van der Waals surface area contributed by atoms with Crippen molar-refractivity contribution in [3.8, 4) is 0 Å². The molecule has 1 aromatic carbocycles. The topological polar surface area (TPSA) is 3.24 Å². The Hall–Kier alpha value is -0.820. The van der Waals surface area contributed by atoms with Gasteiger partial charge in [-0.15, -0.1) is 0 Å². The van der Waals surface area contributed by atoms with Crippen LogP contribution in [-0.4, -0.2) is 25.0 Å². The maximum atomic E-state index is 2.38. The van der Waals surface area contributed by atoms with Gasteiger partial charge in [0.2, 0.25) is 0 Å². The minimum atomic E-state index is 0.808. The first-order valence-electron chi connectivity index (χ1n) is 6.98. The molecule has 0 spiro atoms. The summed E-state index contributed by atoms with van der Waals surface area (Å²) < 4.78 is 0. The minimum Gasteiger partial charge on any atom is -0.306 e. The van der Waals surface area contributed by atoms with Crippen LogP contribution in [0.5, 0.6) is 0 Å². The quantitative estimate of drug-likeness (QED) is 0.736. The second kappa shape index (κ2) is 7.50. The zero-order valence-electron chi connectivity index (χ0n) is 11.8. The lowest BCUT2D eigenvalue weighted by molar-refractivity contribution is 0.216. The van der Waals surface area contributed by atoms with E-state index in [9.17, 15) is 0 Å². The van der Waals surface area contributed by atoms with Gasteiger partial charge in [-0.05, 0) is 51.3 Å². The molecule has 1 aliphatic rings. The number of rotatable bonds is 2. The molecule has 0 bridgehead atoms. The van der Waals surface area contributed by atoms with Crippen molar-refractivity contribution in [3.63, 3.8) is 0 Å². The Balaban J connectivity index is 0.000000686. The monoisotopic (exact) mass is 233 g/mol. The molecule has 0 saturated heterocycles. The molecular weight excluding hydrogens is 206 g/mol. The first-order valence-corrected chi connectivity index (χ1v) is 6.98. The van der Waals surface area contributed by atoms with Crippen LogP contribution in [0.2, 0.25) is 0 Å². The van der Waals surface area contributed by atoms with Crippen molar-refractivity contribution in [3.05, 3.63) is 35.9 Å². The summed E-state index contributed by atoms with van der Waals surface area (Å²) in [6.45, 7) is 4.00. The van der Waals surface area contributed by atoms with Crippen LogP contribution in [0.15, 0.2) is 30.3 Å². The molecule has 1 nitrogen and oxygen atoms in total. The van der Waals surface area contributed by atoms with Crippen LogP contribution in [-0.2, 0) is 0 Å². The molecule has 1 saturated carbocycles. The second-order valence-corrected chi connectivity index (χ2v) is 4.88. The Bertz CT molecular complexity index is 284. The van der Waals surface area contributed by atoms with Crippen LogP contribution in [0.3, 0.4) is 0 Å². The molecule has 0 radical (unpaired) electrons. The maximum Gasteiger partial charge on any atom is 0.00896 e. The Labute approximate surface area is 107 Å². The number of hydrogen-bond donors (Lipinski definition) is 0. The third kappa shape index (κ3) is 4.16. The van der Waals surface area contributed by atoms with Crippen molar-refractivity contribution < 1.29 is 0 Å². The molecule has 0 aromatic heterocycles. The Morgan fingerprint density at radius 1 is 0.882 bits per heavy atom. The Kier molecular flexibility index (Phi) is 6.28. The van der Waals surface area contributed by atoms with Crippen molar-refractivity contribution in [2.45, 2.75) is 51.5 Å². The van der Waals surface area contributed by atoms with Gasteiger partial charge >= 0.3 is 0 Å². The van der Waals surface area contributed by atoms with E-state index in [1.165, 1.54) is 31.2 Å². The van der Waals surface area contributed by atoms with Gasteiger partial charge in [0.05, 0.1) is 0 Å². The largest absolute Gasteiger partial charge is 0.306 e. The van der Waals surface area contributed by atoms with Crippen molar-refractivity contribution in [1.82, 2.24) is 4.90 Å². The number of hydrogen-bond acceptors (Lipinski definition) is 1. The molecule has 96 valence electrons. The zero-order valence-corrected chi connectivity index (χ0v) is 11.8. The average molecular weight is 233 g/mol. The van der Waals surface area contributed by atoms with Crippen LogP contribution < -0.4 is 0 Å². The summed E-state index contributed by atoms with van der Waals surface area (Å²) >= 11 is 0. The summed E-state index contributed by atoms with van der Waals surface area (Å²) in [6, 6.07) is 11.8. The van der Waals surface area contributed by atoms with E-state index in [4.69, 9.17) is 0 Å². The van der Waals surface area contributed by atoms with Crippen molar-refractivity contribution in [2.75, 3.05) is 14.1 Å². The van der Waals surface area contributed by atoms with Crippen LogP contribution >= 0.6 is 0 Å². The van der Waals surface area contributed by atoms with Gasteiger partial charge < -0.3 is 4.90 Å². The average Bonchev–Trinajstić information content (AvgIpc) is 2.42. The lowest BCUT2D eigenvalue weighted by atomic mass is 9.81. The second-order valence-electron chi connectivity index (χ2n) is 4.88. The molecular formula is C16H27N. The van der Waals surface area contributed by atoms with E-state index in [0.717, 1.165) is 12.0 Å². The van der Waals surface area contributed by atoms with E-state index in [1.807, 2.05) is 13.8 Å². The molecule has 0 unspecified atom stereocenters. The van der Waals surface area contributed by atoms with Crippen LogP contribution in [0.1, 0.15) is 51.0 Å². The highest BCUT2D eigenvalue weighted by molar-refractivity contribution is 5.20. The SMILES string of the molecule is CC.CN(C)C1CCC(c2ccccc2)CC1. The third-order valence-electron chi connectivity index (χ3n) is 3.70. The summed E-state index contributed by atoms with van der Waals surface area (Å²) in [6.07, 6.45) is 5.42. The van der Waals surface area contributed by atoms with Gasteiger partial charge in [-0.1, -0.05) is 44.2 Å².